The standard InChI is InChI=1S/C30H24N2O4/c1-17-15-23(24(32(35)36)16-18(17)2)31-29(33)27-21-13-14-22(28(27)30(31)34)26(21)25(19-9-5-3-6-10-19)20-11-7-4-8-12-20/h3-16,21-22,27-28H,1-2H3/t21-,22+,27+,28-. The second-order valence-electron chi connectivity index (χ2n) is 9.74. The Balaban J connectivity index is 1.49. The lowest BCUT2D eigenvalue weighted by molar-refractivity contribution is -0.384. The maximum absolute atomic E-state index is 13.8. The van der Waals surface area contributed by atoms with Crippen molar-refractivity contribution >= 4 is 28.8 Å². The van der Waals surface area contributed by atoms with Gasteiger partial charge >= 0.3 is 0 Å². The zero-order chi connectivity index (χ0) is 25.1. The number of carbonyl (C=O) groups excluding carboxylic acids is 2. The largest absolute Gasteiger partial charge is 0.293 e. The summed E-state index contributed by atoms with van der Waals surface area (Å²) >= 11 is 0. The molecule has 2 bridgehead atoms. The van der Waals surface area contributed by atoms with Crippen LogP contribution in [-0.2, 0) is 9.59 Å². The van der Waals surface area contributed by atoms with Crippen molar-refractivity contribution in [2.24, 2.45) is 23.7 Å². The van der Waals surface area contributed by atoms with E-state index in [4.69, 9.17) is 0 Å². The Morgan fingerprint density at radius 1 is 0.778 bits per heavy atom. The molecule has 6 rings (SSSR count). The summed E-state index contributed by atoms with van der Waals surface area (Å²) in [5.41, 5.74) is 5.61. The number of anilines is 1. The number of benzene rings is 3. The number of rotatable bonds is 4. The van der Waals surface area contributed by atoms with Crippen molar-refractivity contribution in [1.29, 1.82) is 0 Å². The van der Waals surface area contributed by atoms with Gasteiger partial charge in [0.1, 0.15) is 5.69 Å². The highest BCUT2D eigenvalue weighted by molar-refractivity contribution is 6.24. The summed E-state index contributed by atoms with van der Waals surface area (Å²) in [6.07, 6.45) is 4.08. The van der Waals surface area contributed by atoms with Crippen LogP contribution >= 0.6 is 0 Å². The van der Waals surface area contributed by atoms with E-state index < -0.39 is 16.8 Å². The number of amides is 2. The minimum atomic E-state index is -0.564. The molecule has 1 saturated carbocycles. The zero-order valence-electron chi connectivity index (χ0n) is 19.9. The Morgan fingerprint density at radius 2 is 1.25 bits per heavy atom. The maximum atomic E-state index is 13.8. The molecule has 1 saturated heterocycles. The predicted octanol–water partition coefficient (Wildman–Crippen LogP) is 5.64. The molecule has 3 aromatic rings. The molecule has 2 aliphatic carbocycles. The van der Waals surface area contributed by atoms with Crippen molar-refractivity contribution in [3.63, 3.8) is 0 Å². The quantitative estimate of drug-likeness (QED) is 0.211. The van der Waals surface area contributed by atoms with Crippen LogP contribution in [-0.4, -0.2) is 16.7 Å². The fourth-order valence-corrected chi connectivity index (χ4v) is 6.15. The first-order valence-corrected chi connectivity index (χ1v) is 12.0. The lowest BCUT2D eigenvalue weighted by Crippen LogP contribution is -2.34. The number of nitro groups is 1. The molecule has 36 heavy (non-hydrogen) atoms. The number of imide groups is 1. The lowest BCUT2D eigenvalue weighted by atomic mass is 9.85. The minimum absolute atomic E-state index is 0.0729. The van der Waals surface area contributed by atoms with Crippen LogP contribution in [0.2, 0.25) is 0 Å². The number of nitro benzene ring substituents is 1. The molecule has 6 nitrogen and oxygen atoms in total. The van der Waals surface area contributed by atoms with Gasteiger partial charge in [-0.2, -0.15) is 0 Å². The molecule has 4 atom stereocenters. The molecule has 1 aliphatic heterocycles. The van der Waals surface area contributed by atoms with E-state index in [1.54, 1.807) is 13.0 Å². The predicted molar refractivity (Wildman–Crippen MR) is 137 cm³/mol. The van der Waals surface area contributed by atoms with Gasteiger partial charge < -0.3 is 0 Å². The molecule has 6 heteroatoms. The van der Waals surface area contributed by atoms with Crippen molar-refractivity contribution in [1.82, 2.24) is 0 Å². The van der Waals surface area contributed by atoms with Crippen LogP contribution < -0.4 is 4.90 Å². The second-order valence-corrected chi connectivity index (χ2v) is 9.74. The van der Waals surface area contributed by atoms with E-state index in [2.05, 4.69) is 24.3 Å². The van der Waals surface area contributed by atoms with Gasteiger partial charge in [-0.1, -0.05) is 72.8 Å². The van der Waals surface area contributed by atoms with E-state index in [-0.39, 0.29) is 35.0 Å². The molecule has 3 aliphatic rings. The molecule has 2 fully saturated rings. The summed E-state index contributed by atoms with van der Waals surface area (Å²) in [6, 6.07) is 23.1. The molecule has 2 amide bonds. The van der Waals surface area contributed by atoms with Crippen LogP contribution in [0.15, 0.2) is 90.5 Å². The number of nitrogens with zero attached hydrogens (tertiary/aromatic N) is 2. The molecule has 1 heterocycles. The first-order valence-electron chi connectivity index (χ1n) is 12.0. The SMILES string of the molecule is Cc1cc(N2C(=O)[C@@H]3[C@H](C2=O)[C@H]2C=C[C@@H]3C2=C(c2ccccc2)c2ccccc2)c([N+](=O)[O-])cc1C. The summed E-state index contributed by atoms with van der Waals surface area (Å²) in [7, 11) is 0. The highest BCUT2D eigenvalue weighted by Crippen LogP contribution is 2.59. The normalized spacial score (nSPS) is 23.9. The fraction of sp³-hybridized carbons (Fsp3) is 0.200. The van der Waals surface area contributed by atoms with E-state index in [1.807, 2.05) is 55.5 Å². The molecule has 178 valence electrons. The molecule has 3 aromatic carbocycles. The number of fused-ring (bicyclic) bond motifs is 5. The average Bonchev–Trinajstić information content (AvgIpc) is 3.51. The molecule has 0 radical (unpaired) electrons. The summed E-state index contributed by atoms with van der Waals surface area (Å²) < 4.78 is 0. The summed E-state index contributed by atoms with van der Waals surface area (Å²) in [4.78, 5) is 40.0. The number of carbonyl (C=O) groups is 2. The zero-order valence-corrected chi connectivity index (χ0v) is 19.9. The van der Waals surface area contributed by atoms with Gasteiger partial charge in [0.2, 0.25) is 11.8 Å². The molecule has 0 N–H and O–H groups in total. The van der Waals surface area contributed by atoms with Crippen molar-refractivity contribution in [2.75, 3.05) is 4.90 Å². The van der Waals surface area contributed by atoms with E-state index in [9.17, 15) is 19.7 Å². The highest BCUT2D eigenvalue weighted by atomic mass is 16.6. The Morgan fingerprint density at radius 3 is 1.72 bits per heavy atom. The Hall–Kier alpha value is -4.32. The van der Waals surface area contributed by atoms with Crippen molar-refractivity contribution in [3.05, 3.63) is 123 Å². The molecule has 0 unspecified atom stereocenters. The van der Waals surface area contributed by atoms with Crippen LogP contribution in [0.25, 0.3) is 5.57 Å². The maximum Gasteiger partial charge on any atom is 0.293 e. The first-order chi connectivity index (χ1) is 17.4. The Kier molecular flexibility index (Phi) is 5.00. The van der Waals surface area contributed by atoms with Crippen LogP contribution in [0, 0.1) is 47.6 Å². The van der Waals surface area contributed by atoms with E-state index in [1.165, 1.54) is 6.07 Å². The fourth-order valence-electron chi connectivity index (χ4n) is 6.15. The van der Waals surface area contributed by atoms with E-state index in [0.717, 1.165) is 38.3 Å². The van der Waals surface area contributed by atoms with Gasteiger partial charge in [-0.25, -0.2) is 4.90 Å². The monoisotopic (exact) mass is 476 g/mol. The summed E-state index contributed by atoms with van der Waals surface area (Å²) in [6.45, 7) is 3.61. The van der Waals surface area contributed by atoms with Gasteiger partial charge in [0.05, 0.1) is 16.8 Å². The molecule has 0 aromatic heterocycles. The van der Waals surface area contributed by atoms with Gasteiger partial charge in [0, 0.05) is 17.9 Å². The molecular formula is C30H24N2O4. The molecular weight excluding hydrogens is 452 g/mol. The van der Waals surface area contributed by atoms with Crippen molar-refractivity contribution in [3.8, 4) is 0 Å². The second kappa shape index (κ2) is 8.12. The van der Waals surface area contributed by atoms with Gasteiger partial charge in [-0.15, -0.1) is 0 Å². The lowest BCUT2D eigenvalue weighted by Gasteiger charge is -2.22. The third kappa shape index (κ3) is 3.10. The third-order valence-corrected chi connectivity index (χ3v) is 7.86. The number of aryl methyl sites for hydroxylation is 2. The minimum Gasteiger partial charge on any atom is -0.274 e. The third-order valence-electron chi connectivity index (χ3n) is 7.86. The van der Waals surface area contributed by atoms with Crippen LogP contribution in [0.1, 0.15) is 22.3 Å². The number of allylic oxidation sites excluding steroid dienone is 3. The highest BCUT2D eigenvalue weighted by Gasteiger charge is 2.63. The van der Waals surface area contributed by atoms with E-state index in [0.29, 0.717) is 0 Å². The number of hydrogen-bond donors (Lipinski definition) is 0. The Bertz CT molecular complexity index is 1410. The van der Waals surface area contributed by atoms with Gasteiger partial charge in [0.25, 0.3) is 5.69 Å². The summed E-state index contributed by atoms with van der Waals surface area (Å²) in [5.74, 6) is -2.31. The van der Waals surface area contributed by atoms with E-state index >= 15 is 0 Å². The van der Waals surface area contributed by atoms with Crippen molar-refractivity contribution < 1.29 is 14.5 Å². The van der Waals surface area contributed by atoms with Crippen LogP contribution in [0.4, 0.5) is 11.4 Å². The topological polar surface area (TPSA) is 80.5 Å². The van der Waals surface area contributed by atoms with Crippen molar-refractivity contribution in [2.45, 2.75) is 13.8 Å². The first kappa shape index (κ1) is 22.2. The van der Waals surface area contributed by atoms with Crippen LogP contribution in [0.3, 0.4) is 0 Å². The Labute approximate surface area is 208 Å². The smallest absolute Gasteiger partial charge is 0.274 e. The molecule has 0 spiro atoms. The van der Waals surface area contributed by atoms with Gasteiger partial charge in [0.15, 0.2) is 0 Å². The van der Waals surface area contributed by atoms with Crippen LogP contribution in [0.5, 0.6) is 0 Å². The number of hydrogen-bond acceptors (Lipinski definition) is 4. The average molecular weight is 477 g/mol. The van der Waals surface area contributed by atoms with Gasteiger partial charge in [-0.05, 0) is 53.3 Å². The van der Waals surface area contributed by atoms with Gasteiger partial charge in [-0.3, -0.25) is 19.7 Å². The summed E-state index contributed by atoms with van der Waals surface area (Å²) in [5, 5.41) is 11.8.